The highest BCUT2D eigenvalue weighted by atomic mass is 79.9. The number of rotatable bonds is 2. The van der Waals surface area contributed by atoms with Crippen LogP contribution >= 0.6 is 27.7 Å². The molecule has 0 aromatic carbocycles. The minimum atomic E-state index is 0.824. The second-order valence-corrected chi connectivity index (χ2v) is 4.37. The molecule has 0 aliphatic heterocycles. The number of pyridine rings is 1. The summed E-state index contributed by atoms with van der Waals surface area (Å²) in [6.07, 6.45) is 3.28. The first-order chi connectivity index (χ1) is 6.77. The zero-order valence-electron chi connectivity index (χ0n) is 7.38. The van der Waals surface area contributed by atoms with Crippen molar-refractivity contribution >= 4 is 27.7 Å². The van der Waals surface area contributed by atoms with Gasteiger partial charge in [-0.3, -0.25) is 0 Å². The second kappa shape index (κ2) is 4.10. The molecule has 0 N–H and O–H groups in total. The zero-order chi connectivity index (χ0) is 9.97. The fourth-order valence-electron chi connectivity index (χ4n) is 0.911. The molecular formula is C8H7BrN4S. The molecule has 2 rings (SSSR count). The van der Waals surface area contributed by atoms with Crippen molar-refractivity contribution in [3.8, 4) is 0 Å². The summed E-state index contributed by atoms with van der Waals surface area (Å²) in [5.41, 5.74) is 0. The van der Waals surface area contributed by atoms with E-state index >= 15 is 0 Å². The van der Waals surface area contributed by atoms with Gasteiger partial charge in [0.05, 0.1) is 4.47 Å². The molecule has 14 heavy (non-hydrogen) atoms. The van der Waals surface area contributed by atoms with Crippen LogP contribution in [0.25, 0.3) is 0 Å². The molecule has 0 saturated carbocycles. The molecule has 6 heteroatoms. The van der Waals surface area contributed by atoms with Gasteiger partial charge in [0.15, 0.2) is 5.16 Å². The summed E-state index contributed by atoms with van der Waals surface area (Å²) in [7, 11) is 1.85. The van der Waals surface area contributed by atoms with E-state index in [9.17, 15) is 0 Å². The summed E-state index contributed by atoms with van der Waals surface area (Å²) in [6, 6.07) is 3.83. The topological polar surface area (TPSA) is 43.6 Å². The van der Waals surface area contributed by atoms with Gasteiger partial charge in [-0.2, -0.15) is 5.10 Å². The molecule has 0 unspecified atom stereocenters. The number of aryl methyl sites for hydroxylation is 1. The van der Waals surface area contributed by atoms with Gasteiger partial charge in [-0.15, -0.1) is 0 Å². The van der Waals surface area contributed by atoms with Crippen LogP contribution in [0.1, 0.15) is 0 Å². The summed E-state index contributed by atoms with van der Waals surface area (Å²) in [4.78, 5) is 8.34. The molecule has 0 fully saturated rings. The average molecular weight is 271 g/mol. The summed E-state index contributed by atoms with van der Waals surface area (Å²) in [5.74, 6) is 0. The normalized spacial score (nSPS) is 10.4. The average Bonchev–Trinajstić information content (AvgIpc) is 2.56. The molecule has 2 heterocycles. The lowest BCUT2D eigenvalue weighted by atomic mass is 10.5. The summed E-state index contributed by atoms with van der Waals surface area (Å²) in [6.45, 7) is 0. The first kappa shape index (κ1) is 9.67. The maximum Gasteiger partial charge on any atom is 0.192 e. The van der Waals surface area contributed by atoms with Gasteiger partial charge in [0, 0.05) is 13.2 Å². The van der Waals surface area contributed by atoms with Gasteiger partial charge in [-0.25, -0.2) is 14.6 Å². The highest BCUT2D eigenvalue weighted by molar-refractivity contribution is 9.10. The van der Waals surface area contributed by atoms with E-state index in [1.807, 2.05) is 19.2 Å². The van der Waals surface area contributed by atoms with Crippen LogP contribution in [0.5, 0.6) is 0 Å². The van der Waals surface area contributed by atoms with E-state index in [0.29, 0.717) is 0 Å². The number of halogens is 1. The minimum Gasteiger partial charge on any atom is -0.248 e. The third-order valence-corrected chi connectivity index (χ3v) is 3.56. The highest BCUT2D eigenvalue weighted by Crippen LogP contribution is 2.29. The van der Waals surface area contributed by atoms with E-state index in [-0.39, 0.29) is 0 Å². The van der Waals surface area contributed by atoms with Gasteiger partial charge >= 0.3 is 0 Å². The van der Waals surface area contributed by atoms with Crippen molar-refractivity contribution in [2.75, 3.05) is 0 Å². The molecule has 0 saturated heterocycles. The van der Waals surface area contributed by atoms with Gasteiger partial charge in [0.25, 0.3) is 0 Å². The van der Waals surface area contributed by atoms with E-state index in [4.69, 9.17) is 0 Å². The number of hydrogen-bond acceptors (Lipinski definition) is 4. The molecule has 2 aromatic rings. The number of hydrogen-bond donors (Lipinski definition) is 0. The first-order valence-corrected chi connectivity index (χ1v) is 5.50. The molecular weight excluding hydrogens is 264 g/mol. The third-order valence-electron chi connectivity index (χ3n) is 1.58. The largest absolute Gasteiger partial charge is 0.248 e. The fourth-order valence-corrected chi connectivity index (χ4v) is 2.14. The van der Waals surface area contributed by atoms with Gasteiger partial charge in [0.1, 0.15) is 11.4 Å². The van der Waals surface area contributed by atoms with Crippen molar-refractivity contribution in [1.82, 2.24) is 19.7 Å². The van der Waals surface area contributed by atoms with Gasteiger partial charge in [0.2, 0.25) is 0 Å². The number of aromatic nitrogens is 4. The molecule has 0 bridgehead atoms. The third kappa shape index (κ3) is 1.96. The number of nitrogens with zero attached hydrogens (tertiary/aromatic N) is 4. The van der Waals surface area contributed by atoms with Crippen molar-refractivity contribution in [2.45, 2.75) is 10.2 Å². The molecule has 0 amide bonds. The smallest absolute Gasteiger partial charge is 0.192 e. The summed E-state index contributed by atoms with van der Waals surface area (Å²) < 4.78 is 2.68. The van der Waals surface area contributed by atoms with E-state index in [2.05, 4.69) is 31.0 Å². The second-order valence-electron chi connectivity index (χ2n) is 2.56. The Labute approximate surface area is 93.9 Å². The monoisotopic (exact) mass is 270 g/mol. The van der Waals surface area contributed by atoms with Gasteiger partial charge < -0.3 is 0 Å². The lowest BCUT2D eigenvalue weighted by molar-refractivity contribution is 0.684. The molecule has 0 spiro atoms. The Balaban J connectivity index is 2.28. The lowest BCUT2D eigenvalue weighted by Gasteiger charge is -2.00. The van der Waals surface area contributed by atoms with Crippen LogP contribution in [0.4, 0.5) is 0 Å². The summed E-state index contributed by atoms with van der Waals surface area (Å²) in [5, 5.41) is 5.70. The van der Waals surface area contributed by atoms with Gasteiger partial charge in [-0.1, -0.05) is 0 Å². The van der Waals surface area contributed by atoms with Crippen LogP contribution in [0.15, 0.2) is 39.3 Å². The molecule has 2 aromatic heterocycles. The van der Waals surface area contributed by atoms with Crippen molar-refractivity contribution < 1.29 is 0 Å². The zero-order valence-corrected chi connectivity index (χ0v) is 9.79. The van der Waals surface area contributed by atoms with Crippen LogP contribution in [0, 0.1) is 0 Å². The van der Waals surface area contributed by atoms with E-state index in [1.54, 1.807) is 10.9 Å². The molecule has 0 aliphatic carbocycles. The van der Waals surface area contributed by atoms with Crippen LogP contribution < -0.4 is 0 Å². The standard InChI is InChI=1S/C8H7BrN4S/c1-13-8(11-5-12-13)14-7-6(9)3-2-4-10-7/h2-5H,1H3. The van der Waals surface area contributed by atoms with Crippen LogP contribution in [0.2, 0.25) is 0 Å². The Morgan fingerprint density at radius 1 is 1.43 bits per heavy atom. The quantitative estimate of drug-likeness (QED) is 0.839. The van der Waals surface area contributed by atoms with Crippen molar-refractivity contribution in [2.24, 2.45) is 7.05 Å². The molecule has 4 nitrogen and oxygen atoms in total. The Kier molecular flexibility index (Phi) is 2.83. The van der Waals surface area contributed by atoms with E-state index < -0.39 is 0 Å². The summed E-state index contributed by atoms with van der Waals surface area (Å²) >= 11 is 4.90. The predicted octanol–water partition coefficient (Wildman–Crippen LogP) is 2.12. The maximum atomic E-state index is 4.23. The van der Waals surface area contributed by atoms with Crippen molar-refractivity contribution in [3.05, 3.63) is 29.1 Å². The Morgan fingerprint density at radius 3 is 2.93 bits per heavy atom. The van der Waals surface area contributed by atoms with Crippen LogP contribution in [-0.2, 0) is 7.05 Å². The Bertz CT molecular complexity index is 442. The minimum absolute atomic E-state index is 0.824. The lowest BCUT2D eigenvalue weighted by Crippen LogP contribution is -1.93. The molecule has 0 aliphatic rings. The maximum absolute atomic E-state index is 4.23. The molecule has 72 valence electrons. The highest BCUT2D eigenvalue weighted by Gasteiger charge is 2.06. The Hall–Kier alpha value is -0.880. The predicted molar refractivity (Wildman–Crippen MR) is 57.1 cm³/mol. The fraction of sp³-hybridized carbons (Fsp3) is 0.125. The van der Waals surface area contributed by atoms with Gasteiger partial charge in [-0.05, 0) is 39.8 Å². The van der Waals surface area contributed by atoms with E-state index in [1.165, 1.54) is 18.1 Å². The first-order valence-electron chi connectivity index (χ1n) is 3.90. The Morgan fingerprint density at radius 2 is 2.29 bits per heavy atom. The van der Waals surface area contributed by atoms with E-state index in [0.717, 1.165) is 14.7 Å². The van der Waals surface area contributed by atoms with Crippen molar-refractivity contribution in [1.29, 1.82) is 0 Å². The SMILES string of the molecule is Cn1ncnc1Sc1ncccc1Br. The van der Waals surface area contributed by atoms with Crippen molar-refractivity contribution in [3.63, 3.8) is 0 Å². The molecule has 0 atom stereocenters. The van der Waals surface area contributed by atoms with Crippen LogP contribution in [-0.4, -0.2) is 19.7 Å². The van der Waals surface area contributed by atoms with Crippen LogP contribution in [0.3, 0.4) is 0 Å². The molecule has 0 radical (unpaired) electrons.